The van der Waals surface area contributed by atoms with Crippen LogP contribution in [0.5, 0.6) is 0 Å². The fourth-order valence-electron chi connectivity index (χ4n) is 2.97. The molecule has 0 radical (unpaired) electrons. The number of aromatic nitrogens is 2. The average molecular weight is 362 g/mol. The first-order valence-electron chi connectivity index (χ1n) is 7.68. The molecule has 4 nitrogen and oxygen atoms in total. The van der Waals surface area contributed by atoms with E-state index in [9.17, 15) is 4.79 Å². The van der Waals surface area contributed by atoms with Crippen LogP contribution in [0.4, 0.5) is 0 Å². The van der Waals surface area contributed by atoms with Crippen molar-refractivity contribution >= 4 is 21.8 Å². The minimum atomic E-state index is 0.0269. The van der Waals surface area contributed by atoms with Gasteiger partial charge in [-0.3, -0.25) is 4.79 Å². The van der Waals surface area contributed by atoms with Crippen LogP contribution in [0, 0.1) is 0 Å². The number of fused-ring (bicyclic) bond motifs is 1. The molecule has 0 saturated carbocycles. The molecule has 22 heavy (non-hydrogen) atoms. The summed E-state index contributed by atoms with van der Waals surface area (Å²) in [6.07, 6.45) is 5.02. The van der Waals surface area contributed by atoms with Gasteiger partial charge in [-0.1, -0.05) is 28.1 Å². The molecule has 0 atom stereocenters. The summed E-state index contributed by atoms with van der Waals surface area (Å²) in [5, 5.41) is 2.98. The fraction of sp³-hybridized carbons (Fsp3) is 0.412. The summed E-state index contributed by atoms with van der Waals surface area (Å²) in [5.74, 6) is 0.980. The van der Waals surface area contributed by atoms with Crippen molar-refractivity contribution in [2.75, 3.05) is 0 Å². The van der Waals surface area contributed by atoms with Gasteiger partial charge < -0.3 is 9.88 Å². The van der Waals surface area contributed by atoms with Gasteiger partial charge in [0.05, 0.1) is 18.7 Å². The first kappa shape index (κ1) is 15.3. The number of nitrogens with one attached hydrogen (secondary N) is 1. The zero-order valence-corrected chi connectivity index (χ0v) is 14.3. The Bertz CT molecular complexity index is 693. The summed E-state index contributed by atoms with van der Waals surface area (Å²) < 4.78 is 3.14. The standard InChI is InChI=1S/C17H20BrN3O/c1-21-15-8-3-2-7-14(15)20-16(21)11-19-17(22)10-12-5-4-6-13(18)9-12/h4-6,9H,2-3,7-8,10-11H2,1H3,(H,19,22). The molecule has 1 aliphatic carbocycles. The summed E-state index contributed by atoms with van der Waals surface area (Å²) in [5.41, 5.74) is 3.55. The van der Waals surface area contributed by atoms with Crippen LogP contribution in [0.1, 0.15) is 35.6 Å². The average Bonchev–Trinajstić information content (AvgIpc) is 2.82. The quantitative estimate of drug-likeness (QED) is 0.909. The maximum Gasteiger partial charge on any atom is 0.224 e. The molecule has 0 aliphatic heterocycles. The Morgan fingerprint density at radius 3 is 2.95 bits per heavy atom. The lowest BCUT2D eigenvalue weighted by molar-refractivity contribution is -0.120. The van der Waals surface area contributed by atoms with E-state index in [0.29, 0.717) is 13.0 Å². The Kier molecular flexibility index (Phi) is 4.62. The lowest BCUT2D eigenvalue weighted by Crippen LogP contribution is -2.26. The number of amides is 1. The molecular weight excluding hydrogens is 342 g/mol. The van der Waals surface area contributed by atoms with Gasteiger partial charge in [0.1, 0.15) is 5.82 Å². The van der Waals surface area contributed by atoms with Gasteiger partial charge in [-0.25, -0.2) is 4.98 Å². The van der Waals surface area contributed by atoms with Crippen LogP contribution >= 0.6 is 15.9 Å². The molecule has 0 unspecified atom stereocenters. The SMILES string of the molecule is Cn1c(CNC(=O)Cc2cccc(Br)c2)nc2c1CCCC2. The number of hydrogen-bond acceptors (Lipinski definition) is 2. The molecule has 3 rings (SSSR count). The second kappa shape index (κ2) is 6.65. The molecule has 2 aromatic rings. The molecule has 0 bridgehead atoms. The number of carbonyl (C=O) groups is 1. The van der Waals surface area contributed by atoms with E-state index in [-0.39, 0.29) is 5.91 Å². The van der Waals surface area contributed by atoms with Crippen LogP contribution in [-0.2, 0) is 37.6 Å². The molecule has 1 heterocycles. The van der Waals surface area contributed by atoms with Crippen molar-refractivity contribution in [2.45, 2.75) is 38.6 Å². The van der Waals surface area contributed by atoms with E-state index < -0.39 is 0 Å². The third kappa shape index (κ3) is 3.40. The van der Waals surface area contributed by atoms with E-state index in [1.165, 1.54) is 24.2 Å². The van der Waals surface area contributed by atoms with Crippen LogP contribution in [0.3, 0.4) is 0 Å². The van der Waals surface area contributed by atoms with E-state index in [1.54, 1.807) is 0 Å². The number of halogens is 1. The molecule has 0 spiro atoms. The highest BCUT2D eigenvalue weighted by molar-refractivity contribution is 9.10. The highest BCUT2D eigenvalue weighted by atomic mass is 79.9. The van der Waals surface area contributed by atoms with Gasteiger partial charge in [0.2, 0.25) is 5.91 Å². The van der Waals surface area contributed by atoms with Crippen LogP contribution in [0.25, 0.3) is 0 Å². The van der Waals surface area contributed by atoms with Crippen molar-refractivity contribution in [1.29, 1.82) is 0 Å². The number of carbonyl (C=O) groups excluding carboxylic acids is 1. The minimum absolute atomic E-state index is 0.0269. The van der Waals surface area contributed by atoms with Crippen molar-refractivity contribution in [3.8, 4) is 0 Å². The normalized spacial score (nSPS) is 13.7. The van der Waals surface area contributed by atoms with Crippen LogP contribution in [-0.4, -0.2) is 15.5 Å². The van der Waals surface area contributed by atoms with Gasteiger partial charge in [-0.2, -0.15) is 0 Å². The van der Waals surface area contributed by atoms with Gasteiger partial charge in [0, 0.05) is 17.2 Å². The van der Waals surface area contributed by atoms with Crippen LogP contribution < -0.4 is 5.32 Å². The van der Waals surface area contributed by atoms with E-state index in [1.807, 2.05) is 31.3 Å². The van der Waals surface area contributed by atoms with E-state index in [4.69, 9.17) is 0 Å². The topological polar surface area (TPSA) is 46.9 Å². The zero-order chi connectivity index (χ0) is 15.5. The molecular formula is C17H20BrN3O. The molecule has 5 heteroatoms. The zero-order valence-electron chi connectivity index (χ0n) is 12.7. The van der Waals surface area contributed by atoms with Gasteiger partial charge in [-0.05, 0) is 43.4 Å². The summed E-state index contributed by atoms with van der Waals surface area (Å²) in [7, 11) is 2.05. The minimum Gasteiger partial charge on any atom is -0.349 e. The molecule has 0 saturated heterocycles. The first-order valence-corrected chi connectivity index (χ1v) is 8.47. The maximum absolute atomic E-state index is 12.1. The molecule has 1 aliphatic rings. The molecule has 1 amide bonds. The van der Waals surface area contributed by atoms with E-state index >= 15 is 0 Å². The van der Waals surface area contributed by atoms with Gasteiger partial charge >= 0.3 is 0 Å². The Hall–Kier alpha value is -1.62. The summed E-state index contributed by atoms with van der Waals surface area (Å²) in [6.45, 7) is 0.496. The Morgan fingerprint density at radius 1 is 1.36 bits per heavy atom. The number of hydrogen-bond donors (Lipinski definition) is 1. The summed E-state index contributed by atoms with van der Waals surface area (Å²) >= 11 is 3.42. The number of rotatable bonds is 4. The predicted octanol–water partition coefficient (Wildman–Crippen LogP) is 2.92. The number of aryl methyl sites for hydroxylation is 1. The molecule has 1 aromatic carbocycles. The van der Waals surface area contributed by atoms with Crippen molar-refractivity contribution in [2.24, 2.45) is 7.05 Å². The number of nitrogens with zero attached hydrogens (tertiary/aromatic N) is 2. The molecule has 0 fully saturated rings. The third-order valence-corrected chi connectivity index (χ3v) is 4.66. The van der Waals surface area contributed by atoms with Gasteiger partial charge in [0.25, 0.3) is 0 Å². The van der Waals surface area contributed by atoms with Gasteiger partial charge in [-0.15, -0.1) is 0 Å². The van der Waals surface area contributed by atoms with Crippen molar-refractivity contribution in [3.63, 3.8) is 0 Å². The van der Waals surface area contributed by atoms with Crippen molar-refractivity contribution < 1.29 is 4.79 Å². The monoisotopic (exact) mass is 361 g/mol. The van der Waals surface area contributed by atoms with Crippen LogP contribution in [0.2, 0.25) is 0 Å². The third-order valence-electron chi connectivity index (χ3n) is 4.16. The highest BCUT2D eigenvalue weighted by Gasteiger charge is 2.17. The smallest absolute Gasteiger partial charge is 0.224 e. The lowest BCUT2D eigenvalue weighted by atomic mass is 10.0. The lowest BCUT2D eigenvalue weighted by Gasteiger charge is -2.11. The van der Waals surface area contributed by atoms with Crippen molar-refractivity contribution in [3.05, 3.63) is 51.5 Å². The molecule has 1 N–H and O–H groups in total. The Labute approximate surface area is 139 Å². The Balaban J connectivity index is 1.60. The summed E-state index contributed by atoms with van der Waals surface area (Å²) in [6, 6.07) is 7.84. The first-order chi connectivity index (χ1) is 10.6. The number of benzene rings is 1. The van der Waals surface area contributed by atoms with Crippen LogP contribution in [0.15, 0.2) is 28.7 Å². The highest BCUT2D eigenvalue weighted by Crippen LogP contribution is 2.21. The van der Waals surface area contributed by atoms with E-state index in [2.05, 4.69) is 30.8 Å². The molecule has 1 aromatic heterocycles. The fourth-order valence-corrected chi connectivity index (χ4v) is 3.42. The van der Waals surface area contributed by atoms with Gasteiger partial charge in [0.15, 0.2) is 0 Å². The largest absolute Gasteiger partial charge is 0.349 e. The predicted molar refractivity (Wildman–Crippen MR) is 89.5 cm³/mol. The molecule has 116 valence electrons. The summed E-state index contributed by atoms with van der Waals surface area (Å²) in [4.78, 5) is 16.8. The van der Waals surface area contributed by atoms with E-state index in [0.717, 1.165) is 28.7 Å². The number of imidazole rings is 1. The maximum atomic E-state index is 12.1. The Morgan fingerprint density at radius 2 is 2.18 bits per heavy atom. The second-order valence-electron chi connectivity index (χ2n) is 5.77. The van der Waals surface area contributed by atoms with Crippen molar-refractivity contribution in [1.82, 2.24) is 14.9 Å². The second-order valence-corrected chi connectivity index (χ2v) is 6.69.